The van der Waals surface area contributed by atoms with E-state index in [4.69, 9.17) is 4.74 Å². The monoisotopic (exact) mass is 550 g/mol. The van der Waals surface area contributed by atoms with E-state index >= 15 is 0 Å². The van der Waals surface area contributed by atoms with Crippen LogP contribution in [0.3, 0.4) is 0 Å². The minimum Gasteiger partial charge on any atom is -0.473 e. The standard InChI is InChI=1S/C23H30N6O2.HI/c1-4-24-22(27-17-23(2,30)20-14-28-29(3)15-20)26-13-19-11-8-12-25-21(19)31-16-18-9-6-5-7-10-18;/h5-12,14-15,30H,4,13,16-17H2,1-3H3,(H2,24,26,27);1H. The van der Waals surface area contributed by atoms with E-state index in [2.05, 4.69) is 25.7 Å². The van der Waals surface area contributed by atoms with Gasteiger partial charge >= 0.3 is 0 Å². The number of aliphatic hydroxyl groups is 1. The number of benzene rings is 1. The first kappa shape index (κ1) is 25.6. The van der Waals surface area contributed by atoms with Crippen molar-refractivity contribution in [1.82, 2.24) is 25.4 Å². The van der Waals surface area contributed by atoms with Gasteiger partial charge in [0.15, 0.2) is 5.96 Å². The van der Waals surface area contributed by atoms with E-state index in [1.165, 1.54) is 0 Å². The minimum absolute atomic E-state index is 0. The molecule has 172 valence electrons. The van der Waals surface area contributed by atoms with Crippen LogP contribution >= 0.6 is 24.0 Å². The summed E-state index contributed by atoms with van der Waals surface area (Å²) in [5.74, 6) is 1.16. The Morgan fingerprint density at radius 2 is 1.97 bits per heavy atom. The Morgan fingerprint density at radius 3 is 2.66 bits per heavy atom. The molecular formula is C23H31IN6O2. The number of aliphatic imine (C=N–C) groups is 1. The summed E-state index contributed by atoms with van der Waals surface area (Å²) in [6.07, 6.45) is 5.18. The molecule has 1 aromatic carbocycles. The van der Waals surface area contributed by atoms with Crippen molar-refractivity contribution in [2.24, 2.45) is 12.0 Å². The number of nitrogens with one attached hydrogen (secondary N) is 2. The van der Waals surface area contributed by atoms with Crippen LogP contribution in [0.25, 0.3) is 0 Å². The summed E-state index contributed by atoms with van der Waals surface area (Å²) in [4.78, 5) is 9.01. The van der Waals surface area contributed by atoms with Crippen LogP contribution in [0.4, 0.5) is 0 Å². The summed E-state index contributed by atoms with van der Waals surface area (Å²) >= 11 is 0. The molecule has 0 fully saturated rings. The number of nitrogens with zero attached hydrogens (tertiary/aromatic N) is 4. The zero-order chi connectivity index (χ0) is 22.1. The third kappa shape index (κ3) is 7.49. The Kier molecular flexibility index (Phi) is 9.92. The molecule has 0 amide bonds. The SMILES string of the molecule is CCNC(=NCc1cccnc1OCc1ccccc1)NCC(C)(O)c1cnn(C)c1.I. The first-order valence-electron chi connectivity index (χ1n) is 10.3. The van der Waals surface area contributed by atoms with Crippen LogP contribution < -0.4 is 15.4 Å². The number of aromatic nitrogens is 3. The quantitative estimate of drug-likeness (QED) is 0.216. The van der Waals surface area contributed by atoms with Gasteiger partial charge in [-0.05, 0) is 25.5 Å². The molecule has 0 aliphatic heterocycles. The molecule has 1 unspecified atom stereocenters. The molecule has 8 nitrogen and oxygen atoms in total. The molecule has 2 heterocycles. The van der Waals surface area contributed by atoms with Crippen LogP contribution in [0.5, 0.6) is 5.88 Å². The zero-order valence-electron chi connectivity index (χ0n) is 18.7. The molecule has 9 heteroatoms. The highest BCUT2D eigenvalue weighted by atomic mass is 127. The van der Waals surface area contributed by atoms with Crippen LogP contribution in [0.1, 0.15) is 30.5 Å². The largest absolute Gasteiger partial charge is 0.473 e. The van der Waals surface area contributed by atoms with Gasteiger partial charge in [-0.2, -0.15) is 5.10 Å². The average Bonchev–Trinajstić information content (AvgIpc) is 3.23. The van der Waals surface area contributed by atoms with E-state index in [1.54, 1.807) is 30.2 Å². The minimum atomic E-state index is -1.08. The molecule has 2 aromatic heterocycles. The second-order valence-corrected chi connectivity index (χ2v) is 7.47. The average molecular weight is 550 g/mol. The Balaban J connectivity index is 0.00000363. The molecule has 0 aliphatic carbocycles. The van der Waals surface area contributed by atoms with Crippen LogP contribution in [0, 0.1) is 0 Å². The van der Waals surface area contributed by atoms with Crippen molar-refractivity contribution < 1.29 is 9.84 Å². The molecular weight excluding hydrogens is 519 g/mol. The summed E-state index contributed by atoms with van der Waals surface area (Å²) in [5, 5.41) is 21.3. The van der Waals surface area contributed by atoms with Crippen LogP contribution in [0.2, 0.25) is 0 Å². The fourth-order valence-electron chi connectivity index (χ4n) is 2.96. The van der Waals surface area contributed by atoms with E-state index < -0.39 is 5.60 Å². The lowest BCUT2D eigenvalue weighted by molar-refractivity contribution is 0.0616. The maximum atomic E-state index is 10.8. The van der Waals surface area contributed by atoms with Crippen molar-refractivity contribution in [3.05, 3.63) is 77.7 Å². The number of rotatable bonds is 9. The summed E-state index contributed by atoms with van der Waals surface area (Å²) in [6, 6.07) is 13.8. The third-order valence-electron chi connectivity index (χ3n) is 4.75. The molecule has 0 bridgehead atoms. The molecule has 0 aliphatic rings. The van der Waals surface area contributed by atoms with Crippen LogP contribution in [-0.4, -0.2) is 38.9 Å². The van der Waals surface area contributed by atoms with Gasteiger partial charge in [0.1, 0.15) is 12.2 Å². The van der Waals surface area contributed by atoms with Crippen molar-refractivity contribution >= 4 is 29.9 Å². The topological polar surface area (TPSA) is 96.6 Å². The fraction of sp³-hybridized carbons (Fsp3) is 0.348. The second kappa shape index (κ2) is 12.4. The predicted octanol–water partition coefficient (Wildman–Crippen LogP) is 2.97. The number of hydrogen-bond donors (Lipinski definition) is 3. The highest BCUT2D eigenvalue weighted by molar-refractivity contribution is 14.0. The number of hydrogen-bond acceptors (Lipinski definition) is 5. The van der Waals surface area contributed by atoms with Gasteiger partial charge in [0.05, 0.1) is 19.3 Å². The van der Waals surface area contributed by atoms with Gasteiger partial charge in [0, 0.05) is 37.1 Å². The molecule has 0 spiro atoms. The van der Waals surface area contributed by atoms with E-state index in [0.717, 1.165) is 16.7 Å². The summed E-state index contributed by atoms with van der Waals surface area (Å²) < 4.78 is 7.59. The molecule has 3 N–H and O–H groups in total. The molecule has 1 atom stereocenters. The maximum absolute atomic E-state index is 10.8. The third-order valence-corrected chi connectivity index (χ3v) is 4.75. The molecule has 0 radical (unpaired) electrons. The Labute approximate surface area is 206 Å². The first-order valence-corrected chi connectivity index (χ1v) is 10.3. The lowest BCUT2D eigenvalue weighted by Gasteiger charge is -2.23. The molecule has 3 rings (SSSR count). The van der Waals surface area contributed by atoms with Gasteiger partial charge < -0.3 is 20.5 Å². The van der Waals surface area contributed by atoms with E-state index in [9.17, 15) is 5.11 Å². The van der Waals surface area contributed by atoms with E-state index in [-0.39, 0.29) is 30.5 Å². The molecule has 32 heavy (non-hydrogen) atoms. The Hall–Kier alpha value is -2.66. The summed E-state index contributed by atoms with van der Waals surface area (Å²) in [6.45, 7) is 5.57. The number of ether oxygens (including phenoxy) is 1. The lowest BCUT2D eigenvalue weighted by Crippen LogP contribution is -2.44. The van der Waals surface area contributed by atoms with Crippen LogP contribution in [0.15, 0.2) is 66.0 Å². The number of guanidine groups is 1. The molecule has 0 saturated carbocycles. The predicted molar refractivity (Wildman–Crippen MR) is 136 cm³/mol. The normalized spacial score (nSPS) is 13.1. The second-order valence-electron chi connectivity index (χ2n) is 7.47. The number of pyridine rings is 1. The highest BCUT2D eigenvalue weighted by Crippen LogP contribution is 2.19. The van der Waals surface area contributed by atoms with E-state index in [1.807, 2.05) is 56.4 Å². The van der Waals surface area contributed by atoms with Gasteiger partial charge in [-0.1, -0.05) is 36.4 Å². The zero-order valence-corrected chi connectivity index (χ0v) is 21.0. The van der Waals surface area contributed by atoms with Gasteiger partial charge in [0.2, 0.25) is 5.88 Å². The Morgan fingerprint density at radius 1 is 1.19 bits per heavy atom. The van der Waals surface area contributed by atoms with Gasteiger partial charge in [0.25, 0.3) is 0 Å². The van der Waals surface area contributed by atoms with Crippen molar-refractivity contribution in [3.8, 4) is 5.88 Å². The van der Waals surface area contributed by atoms with Crippen molar-refractivity contribution in [2.45, 2.75) is 32.6 Å². The highest BCUT2D eigenvalue weighted by Gasteiger charge is 2.25. The van der Waals surface area contributed by atoms with Gasteiger partial charge in [-0.25, -0.2) is 9.98 Å². The lowest BCUT2D eigenvalue weighted by atomic mass is 10.00. The van der Waals surface area contributed by atoms with Gasteiger partial charge in [-0.3, -0.25) is 4.68 Å². The maximum Gasteiger partial charge on any atom is 0.218 e. The summed E-state index contributed by atoms with van der Waals surface area (Å²) in [5.41, 5.74) is 1.62. The smallest absolute Gasteiger partial charge is 0.218 e. The van der Waals surface area contributed by atoms with Crippen LogP contribution in [-0.2, 0) is 25.8 Å². The molecule has 3 aromatic rings. The van der Waals surface area contributed by atoms with Gasteiger partial charge in [-0.15, -0.1) is 24.0 Å². The molecule has 0 saturated heterocycles. The van der Waals surface area contributed by atoms with E-state index in [0.29, 0.717) is 31.5 Å². The Bertz CT molecular complexity index is 991. The van der Waals surface area contributed by atoms with Crippen molar-refractivity contribution in [2.75, 3.05) is 13.1 Å². The van der Waals surface area contributed by atoms with Crippen molar-refractivity contribution in [3.63, 3.8) is 0 Å². The summed E-state index contributed by atoms with van der Waals surface area (Å²) in [7, 11) is 1.82. The number of aryl methyl sites for hydroxylation is 1. The first-order chi connectivity index (χ1) is 15.0. The van der Waals surface area contributed by atoms with Crippen molar-refractivity contribution in [1.29, 1.82) is 0 Å². The fourth-order valence-corrected chi connectivity index (χ4v) is 2.96. The number of halogens is 1.